The molecule has 2 aromatic carbocycles. The van der Waals surface area contributed by atoms with Gasteiger partial charge in [-0.2, -0.15) is 0 Å². The van der Waals surface area contributed by atoms with Gasteiger partial charge >= 0.3 is 5.69 Å². The summed E-state index contributed by atoms with van der Waals surface area (Å²) in [6, 6.07) is 12.0. The first kappa shape index (κ1) is 15.9. The first-order valence-corrected chi connectivity index (χ1v) is 7.58. The summed E-state index contributed by atoms with van der Waals surface area (Å²) in [5.41, 5.74) is 2.10. The summed E-state index contributed by atoms with van der Waals surface area (Å²) in [4.78, 5) is 16.8. The number of morpholine rings is 1. The highest BCUT2D eigenvalue weighted by Gasteiger charge is 2.13. The van der Waals surface area contributed by atoms with Gasteiger partial charge in [-0.25, -0.2) is 0 Å². The summed E-state index contributed by atoms with van der Waals surface area (Å²) in [7, 11) is 0. The van der Waals surface area contributed by atoms with Crippen LogP contribution in [0.4, 0.5) is 17.1 Å². The zero-order valence-electron chi connectivity index (χ0n) is 13.0. The van der Waals surface area contributed by atoms with Gasteiger partial charge < -0.3 is 14.7 Å². The number of rotatable bonds is 4. The lowest BCUT2D eigenvalue weighted by atomic mass is 10.2. The van der Waals surface area contributed by atoms with Crippen molar-refractivity contribution in [2.45, 2.75) is 0 Å². The van der Waals surface area contributed by atoms with Gasteiger partial charge in [-0.15, -0.1) is 0 Å². The minimum atomic E-state index is -0.621. The molecule has 0 aliphatic carbocycles. The van der Waals surface area contributed by atoms with Crippen molar-refractivity contribution < 1.29 is 14.8 Å². The van der Waals surface area contributed by atoms with Crippen LogP contribution in [0.15, 0.2) is 47.5 Å². The van der Waals surface area contributed by atoms with Crippen LogP contribution in [0.5, 0.6) is 5.75 Å². The van der Waals surface area contributed by atoms with Gasteiger partial charge in [0.25, 0.3) is 0 Å². The van der Waals surface area contributed by atoms with Crippen LogP contribution in [0.1, 0.15) is 5.56 Å². The maximum Gasteiger partial charge on any atom is 0.311 e. The Balaban J connectivity index is 1.72. The van der Waals surface area contributed by atoms with Crippen molar-refractivity contribution in [3.63, 3.8) is 0 Å². The molecular formula is C17H17N3O4. The second-order valence-electron chi connectivity index (χ2n) is 5.38. The highest BCUT2D eigenvalue weighted by molar-refractivity contribution is 5.83. The van der Waals surface area contributed by atoms with Crippen LogP contribution in [-0.2, 0) is 4.74 Å². The first-order valence-electron chi connectivity index (χ1n) is 7.58. The minimum absolute atomic E-state index is 0.332. The third-order valence-electron chi connectivity index (χ3n) is 3.78. The van der Waals surface area contributed by atoms with Gasteiger partial charge in [0, 0.05) is 31.1 Å². The van der Waals surface area contributed by atoms with Gasteiger partial charge in [0.2, 0.25) is 0 Å². The van der Waals surface area contributed by atoms with Gasteiger partial charge in [0.05, 0.1) is 23.8 Å². The van der Waals surface area contributed by atoms with Crippen molar-refractivity contribution in [2.24, 2.45) is 4.99 Å². The molecule has 1 fully saturated rings. The van der Waals surface area contributed by atoms with E-state index < -0.39 is 4.92 Å². The summed E-state index contributed by atoms with van der Waals surface area (Å²) in [6.45, 7) is 3.22. The van der Waals surface area contributed by atoms with Crippen molar-refractivity contribution in [1.29, 1.82) is 0 Å². The van der Waals surface area contributed by atoms with E-state index in [1.165, 1.54) is 18.3 Å². The number of benzene rings is 2. The molecule has 0 unspecified atom stereocenters. The van der Waals surface area contributed by atoms with Crippen LogP contribution >= 0.6 is 0 Å². The van der Waals surface area contributed by atoms with Gasteiger partial charge in [0.1, 0.15) is 0 Å². The molecule has 1 aliphatic heterocycles. The van der Waals surface area contributed by atoms with Gasteiger partial charge in [0.15, 0.2) is 5.75 Å². The number of aliphatic imine (C=N–C) groups is 1. The number of nitro groups is 1. The van der Waals surface area contributed by atoms with Crippen molar-refractivity contribution in [3.05, 3.63) is 58.1 Å². The van der Waals surface area contributed by atoms with Gasteiger partial charge in [-0.1, -0.05) is 0 Å². The smallest absolute Gasteiger partial charge is 0.311 e. The molecule has 0 bridgehead atoms. The molecule has 2 aromatic rings. The molecule has 7 heteroatoms. The molecule has 1 aliphatic rings. The SMILES string of the molecule is O=[N+]([O-])c1cc(C=Nc2ccc(N3CCOCC3)cc2)ccc1O. The number of phenols is 1. The Hall–Kier alpha value is -2.93. The van der Waals surface area contributed by atoms with Gasteiger partial charge in [-0.05, 0) is 42.0 Å². The lowest BCUT2D eigenvalue weighted by molar-refractivity contribution is -0.385. The van der Waals surface area contributed by atoms with Crippen LogP contribution in [0.2, 0.25) is 0 Å². The van der Waals surface area contributed by atoms with Crippen LogP contribution in [0.25, 0.3) is 0 Å². The zero-order valence-corrected chi connectivity index (χ0v) is 13.0. The Morgan fingerprint density at radius 1 is 1.17 bits per heavy atom. The van der Waals surface area contributed by atoms with Crippen molar-refractivity contribution in [3.8, 4) is 5.75 Å². The molecule has 0 amide bonds. The van der Waals surface area contributed by atoms with Gasteiger partial charge in [-0.3, -0.25) is 15.1 Å². The van der Waals surface area contributed by atoms with Crippen molar-refractivity contribution in [2.75, 3.05) is 31.2 Å². The molecule has 0 aromatic heterocycles. The fourth-order valence-corrected chi connectivity index (χ4v) is 2.49. The van der Waals surface area contributed by atoms with Crippen molar-refractivity contribution >= 4 is 23.3 Å². The molecule has 124 valence electrons. The summed E-state index contributed by atoms with van der Waals surface area (Å²) in [6.07, 6.45) is 1.54. The summed E-state index contributed by atoms with van der Waals surface area (Å²) in [5, 5.41) is 20.3. The molecular weight excluding hydrogens is 310 g/mol. The van der Waals surface area contributed by atoms with Crippen molar-refractivity contribution in [1.82, 2.24) is 0 Å². The van der Waals surface area contributed by atoms with E-state index in [0.29, 0.717) is 5.56 Å². The Morgan fingerprint density at radius 3 is 2.54 bits per heavy atom. The number of phenolic OH excluding ortho intramolecular Hbond substituents is 1. The maximum atomic E-state index is 10.8. The Labute approximate surface area is 139 Å². The third kappa shape index (κ3) is 3.69. The standard InChI is InChI=1S/C17H17N3O4/c21-17-6-1-13(11-16(17)20(22)23)12-18-14-2-4-15(5-3-14)19-7-9-24-10-8-19/h1-6,11-12,21H,7-10H2. The number of aromatic hydroxyl groups is 1. The molecule has 0 radical (unpaired) electrons. The van der Waals surface area contributed by atoms with E-state index >= 15 is 0 Å². The average Bonchev–Trinajstić information content (AvgIpc) is 2.62. The second-order valence-corrected chi connectivity index (χ2v) is 5.38. The van der Waals surface area contributed by atoms with E-state index in [-0.39, 0.29) is 11.4 Å². The fourth-order valence-electron chi connectivity index (χ4n) is 2.49. The Bertz CT molecular complexity index is 753. The molecule has 7 nitrogen and oxygen atoms in total. The van der Waals surface area contributed by atoms with Crippen LogP contribution in [-0.4, -0.2) is 42.5 Å². The Kier molecular flexibility index (Phi) is 4.72. The number of hydrogen-bond donors (Lipinski definition) is 1. The van der Waals surface area contributed by atoms with E-state index in [9.17, 15) is 15.2 Å². The zero-order chi connectivity index (χ0) is 16.9. The Morgan fingerprint density at radius 2 is 1.88 bits per heavy atom. The summed E-state index contributed by atoms with van der Waals surface area (Å²) in [5.74, 6) is -0.355. The molecule has 0 atom stereocenters. The highest BCUT2D eigenvalue weighted by atomic mass is 16.6. The lowest BCUT2D eigenvalue weighted by Gasteiger charge is -2.28. The number of nitrogens with zero attached hydrogens (tertiary/aromatic N) is 3. The molecule has 0 saturated carbocycles. The molecule has 1 saturated heterocycles. The van der Waals surface area contributed by atoms with E-state index in [1.54, 1.807) is 6.07 Å². The topological polar surface area (TPSA) is 88.2 Å². The molecule has 1 N–H and O–H groups in total. The molecule has 0 spiro atoms. The average molecular weight is 327 g/mol. The van der Waals surface area contributed by atoms with Crippen LogP contribution < -0.4 is 4.90 Å². The van der Waals surface area contributed by atoms with E-state index in [4.69, 9.17) is 4.74 Å². The molecule has 1 heterocycles. The lowest BCUT2D eigenvalue weighted by Crippen LogP contribution is -2.36. The number of ether oxygens (including phenoxy) is 1. The van der Waals surface area contributed by atoms with E-state index in [1.807, 2.05) is 24.3 Å². The highest BCUT2D eigenvalue weighted by Crippen LogP contribution is 2.26. The third-order valence-corrected chi connectivity index (χ3v) is 3.78. The van der Waals surface area contributed by atoms with Crippen LogP contribution in [0, 0.1) is 10.1 Å². The number of hydrogen-bond acceptors (Lipinski definition) is 6. The molecule has 3 rings (SSSR count). The number of anilines is 1. The number of nitro benzene ring substituents is 1. The molecule has 24 heavy (non-hydrogen) atoms. The van der Waals surface area contributed by atoms with E-state index in [2.05, 4.69) is 9.89 Å². The monoisotopic (exact) mass is 327 g/mol. The quantitative estimate of drug-likeness (QED) is 0.530. The minimum Gasteiger partial charge on any atom is -0.502 e. The predicted molar refractivity (Wildman–Crippen MR) is 91.5 cm³/mol. The predicted octanol–water partition coefficient (Wildman–Crippen LogP) is 2.89. The first-order chi connectivity index (χ1) is 11.6. The summed E-state index contributed by atoms with van der Waals surface area (Å²) < 4.78 is 5.34. The normalized spacial score (nSPS) is 14.9. The second kappa shape index (κ2) is 7.10. The fraction of sp³-hybridized carbons (Fsp3) is 0.235. The maximum absolute atomic E-state index is 10.8. The summed E-state index contributed by atoms with van der Waals surface area (Å²) >= 11 is 0. The largest absolute Gasteiger partial charge is 0.502 e. The van der Waals surface area contributed by atoms with Crippen LogP contribution in [0.3, 0.4) is 0 Å². The van der Waals surface area contributed by atoms with E-state index in [0.717, 1.165) is 37.7 Å².